The quantitative estimate of drug-likeness (QED) is 0.0342. The van der Waals surface area contributed by atoms with Crippen molar-refractivity contribution in [3.8, 4) is 0 Å². The normalized spacial score (nSPS) is 18.4. The molecule has 1 aliphatic heterocycles. The summed E-state index contributed by atoms with van der Waals surface area (Å²) in [5.74, 6) is 1.32. The van der Waals surface area contributed by atoms with E-state index in [0.29, 0.717) is 12.3 Å². The fourth-order valence-corrected chi connectivity index (χ4v) is 12.0. The first kappa shape index (κ1) is 62.6. The van der Waals surface area contributed by atoms with Crippen molar-refractivity contribution in [2.45, 2.75) is 328 Å². The van der Waals surface area contributed by atoms with Crippen LogP contribution in [0.2, 0.25) is 0 Å². The van der Waals surface area contributed by atoms with Gasteiger partial charge in [-0.2, -0.15) is 0 Å². The lowest BCUT2D eigenvalue weighted by Crippen LogP contribution is -2.39. The second-order valence-electron chi connectivity index (χ2n) is 23.0. The van der Waals surface area contributed by atoms with Gasteiger partial charge in [0, 0.05) is 32.1 Å². The van der Waals surface area contributed by atoms with Crippen molar-refractivity contribution in [3.05, 3.63) is 0 Å². The van der Waals surface area contributed by atoms with Gasteiger partial charge < -0.3 is 28.6 Å². The third kappa shape index (κ3) is 30.3. The largest absolute Gasteiger partial charge is 0.462 e. The molecular formula is C62H119NO6. The lowest BCUT2D eigenvalue weighted by molar-refractivity contribution is -0.254. The van der Waals surface area contributed by atoms with Crippen LogP contribution >= 0.6 is 0 Å². The van der Waals surface area contributed by atoms with E-state index in [1.165, 1.54) is 219 Å². The molecule has 2 aliphatic carbocycles. The van der Waals surface area contributed by atoms with E-state index in [2.05, 4.69) is 39.5 Å². The molecule has 0 radical (unpaired) electrons. The summed E-state index contributed by atoms with van der Waals surface area (Å²) in [4.78, 5) is 15.7. The van der Waals surface area contributed by atoms with Crippen LogP contribution in [-0.2, 0) is 28.5 Å². The summed E-state index contributed by atoms with van der Waals surface area (Å²) in [6, 6.07) is 0. The summed E-state index contributed by atoms with van der Waals surface area (Å²) >= 11 is 0. The summed E-state index contributed by atoms with van der Waals surface area (Å²) in [7, 11) is 0. The van der Waals surface area contributed by atoms with E-state index >= 15 is 0 Å². The Morgan fingerprint density at radius 1 is 0.420 bits per heavy atom. The van der Waals surface area contributed by atoms with Crippen LogP contribution in [0.3, 0.4) is 0 Å². The molecule has 7 nitrogen and oxygen atoms in total. The van der Waals surface area contributed by atoms with Crippen molar-refractivity contribution in [1.29, 1.82) is 0 Å². The number of likely N-dealkylation sites (tertiary alicyclic amines) is 1. The van der Waals surface area contributed by atoms with Gasteiger partial charge in [0.1, 0.15) is 6.10 Å². The Labute approximate surface area is 429 Å². The predicted molar refractivity (Wildman–Crippen MR) is 293 cm³/mol. The number of ether oxygens (including phenoxy) is 5. The van der Waals surface area contributed by atoms with E-state index in [4.69, 9.17) is 23.7 Å². The molecule has 0 spiro atoms. The smallest absolute Gasteiger partial charge is 0.306 e. The monoisotopic (exact) mass is 974 g/mol. The molecule has 3 aliphatic rings. The Morgan fingerprint density at radius 3 is 1.26 bits per heavy atom. The molecule has 69 heavy (non-hydrogen) atoms. The van der Waals surface area contributed by atoms with Gasteiger partial charge in [0.15, 0.2) is 11.6 Å². The minimum Gasteiger partial charge on any atom is -0.462 e. The minimum absolute atomic E-state index is 0.0186. The van der Waals surface area contributed by atoms with Crippen molar-refractivity contribution >= 4 is 5.97 Å². The molecule has 0 aromatic carbocycles. The molecule has 2 saturated carbocycles. The topological polar surface area (TPSA) is 66.5 Å². The van der Waals surface area contributed by atoms with Crippen LogP contribution in [0.15, 0.2) is 0 Å². The van der Waals surface area contributed by atoms with Gasteiger partial charge in [0.2, 0.25) is 0 Å². The van der Waals surface area contributed by atoms with E-state index in [-0.39, 0.29) is 23.6 Å². The Bertz CT molecular complexity index is 1130. The fourth-order valence-electron chi connectivity index (χ4n) is 12.0. The number of hydrogen-bond acceptors (Lipinski definition) is 7. The van der Waals surface area contributed by atoms with Gasteiger partial charge in [0.05, 0.1) is 26.4 Å². The van der Waals surface area contributed by atoms with Gasteiger partial charge in [-0.05, 0) is 127 Å². The summed E-state index contributed by atoms with van der Waals surface area (Å²) in [5, 5.41) is 0. The maximum absolute atomic E-state index is 13.2. The van der Waals surface area contributed by atoms with Gasteiger partial charge in [-0.15, -0.1) is 0 Å². The highest BCUT2D eigenvalue weighted by Crippen LogP contribution is 2.36. The molecule has 1 heterocycles. The number of esters is 1. The number of carbonyl (C=O) groups excluding carboxylic acids is 1. The Balaban J connectivity index is 1.37. The summed E-state index contributed by atoms with van der Waals surface area (Å²) in [5.41, 5.74) is 0. The van der Waals surface area contributed by atoms with Crippen LogP contribution in [0, 0.1) is 17.8 Å². The van der Waals surface area contributed by atoms with Crippen molar-refractivity contribution in [2.24, 2.45) is 17.8 Å². The number of rotatable bonds is 47. The lowest BCUT2D eigenvalue weighted by Gasteiger charge is -2.37. The maximum Gasteiger partial charge on any atom is 0.306 e. The standard InChI is InChI=1S/C62H119NO6/c1-6-10-21-37-57(38-22-11-7-2)43-54-67-61(45-27-19-28-46-61)65-52-33-17-14-15-26-41-59(69-60(64)42-35-51-63-49-31-32-50-63)56(5)36-25-16-18-34-53-66-62(47-29-20-30-48-62)68-55-44-58(39-23-12-8-3)40-24-13-9-4/h56-59H,6-55H2,1-5H3. The van der Waals surface area contributed by atoms with E-state index in [0.717, 1.165) is 109 Å². The number of hydrogen-bond donors (Lipinski definition) is 0. The van der Waals surface area contributed by atoms with Crippen molar-refractivity contribution in [1.82, 2.24) is 4.90 Å². The summed E-state index contributed by atoms with van der Waals surface area (Å²) in [6.45, 7) is 18.3. The maximum atomic E-state index is 13.2. The zero-order chi connectivity index (χ0) is 49.4. The zero-order valence-electron chi connectivity index (χ0n) is 47.1. The molecule has 0 bridgehead atoms. The average Bonchev–Trinajstić information content (AvgIpc) is 3.88. The molecule has 0 aromatic rings. The molecule has 0 aromatic heterocycles. The van der Waals surface area contributed by atoms with Gasteiger partial charge in [-0.1, -0.05) is 189 Å². The Hall–Kier alpha value is -0.730. The molecule has 2 unspecified atom stereocenters. The van der Waals surface area contributed by atoms with Crippen LogP contribution in [0.4, 0.5) is 0 Å². The van der Waals surface area contributed by atoms with Crippen LogP contribution in [0.25, 0.3) is 0 Å². The third-order valence-electron chi connectivity index (χ3n) is 16.8. The van der Waals surface area contributed by atoms with E-state index in [9.17, 15) is 4.79 Å². The number of unbranched alkanes of at least 4 members (excludes halogenated alkanes) is 15. The number of carbonyl (C=O) groups is 1. The first-order chi connectivity index (χ1) is 33.9. The van der Waals surface area contributed by atoms with Crippen LogP contribution < -0.4 is 0 Å². The SMILES string of the molecule is CCCCCC(CCCCC)CCOC1(OCCCCCCCC(OC(=O)CCCN2CCCC2)C(C)CCCCCCOC2(OCCC(CCCCC)CCCCC)CCCCC2)CCCCC1. The molecule has 7 heteroatoms. The molecule has 1 saturated heterocycles. The van der Waals surface area contributed by atoms with Crippen molar-refractivity contribution < 1.29 is 28.5 Å². The average molecular weight is 975 g/mol. The highest BCUT2D eigenvalue weighted by molar-refractivity contribution is 5.69. The van der Waals surface area contributed by atoms with Crippen LogP contribution in [0.1, 0.15) is 311 Å². The molecule has 2 atom stereocenters. The highest BCUT2D eigenvalue weighted by atomic mass is 16.7. The minimum atomic E-state index is -0.347. The first-order valence-electron chi connectivity index (χ1n) is 31.3. The molecule has 3 rings (SSSR count). The van der Waals surface area contributed by atoms with Gasteiger partial charge >= 0.3 is 5.97 Å². The van der Waals surface area contributed by atoms with E-state index in [1.54, 1.807) is 0 Å². The van der Waals surface area contributed by atoms with Crippen molar-refractivity contribution in [3.63, 3.8) is 0 Å². The van der Waals surface area contributed by atoms with E-state index < -0.39 is 0 Å². The number of nitrogens with zero attached hydrogens (tertiary/aromatic N) is 1. The van der Waals surface area contributed by atoms with Crippen LogP contribution in [0.5, 0.6) is 0 Å². The van der Waals surface area contributed by atoms with Gasteiger partial charge in [-0.3, -0.25) is 4.79 Å². The third-order valence-corrected chi connectivity index (χ3v) is 16.8. The van der Waals surface area contributed by atoms with Crippen LogP contribution in [-0.4, -0.2) is 74.6 Å². The van der Waals surface area contributed by atoms with Gasteiger partial charge in [0.25, 0.3) is 0 Å². The van der Waals surface area contributed by atoms with E-state index in [1.807, 2.05) is 0 Å². The highest BCUT2D eigenvalue weighted by Gasteiger charge is 2.35. The van der Waals surface area contributed by atoms with Crippen molar-refractivity contribution in [2.75, 3.05) is 46.1 Å². The fraction of sp³-hybridized carbons (Fsp3) is 0.984. The zero-order valence-corrected chi connectivity index (χ0v) is 47.1. The predicted octanol–water partition coefficient (Wildman–Crippen LogP) is 18.4. The molecular weight excluding hydrogens is 855 g/mol. The first-order valence-corrected chi connectivity index (χ1v) is 31.3. The summed E-state index contributed by atoms with van der Waals surface area (Å²) < 4.78 is 33.2. The second-order valence-corrected chi connectivity index (χ2v) is 23.0. The second kappa shape index (κ2) is 41.6. The molecule has 0 N–H and O–H groups in total. The van der Waals surface area contributed by atoms with Gasteiger partial charge in [-0.25, -0.2) is 0 Å². The lowest BCUT2D eigenvalue weighted by atomic mass is 9.91. The Morgan fingerprint density at radius 2 is 0.812 bits per heavy atom. The Kier molecular flexibility index (Phi) is 37.7. The summed E-state index contributed by atoms with van der Waals surface area (Å²) in [6.07, 6.45) is 52.4. The molecule has 408 valence electrons. The molecule has 3 fully saturated rings. The molecule has 0 amide bonds.